The van der Waals surface area contributed by atoms with Crippen LogP contribution in [-0.2, 0) is 11.2 Å². The van der Waals surface area contributed by atoms with Gasteiger partial charge in [-0.05, 0) is 31.3 Å². The summed E-state index contributed by atoms with van der Waals surface area (Å²) in [5.74, 6) is -0.918. The van der Waals surface area contributed by atoms with E-state index in [0.717, 1.165) is 4.88 Å². The van der Waals surface area contributed by atoms with E-state index in [1.807, 2.05) is 17.5 Å². The van der Waals surface area contributed by atoms with E-state index in [0.29, 0.717) is 6.42 Å². The zero-order valence-electron chi connectivity index (χ0n) is 11.1. The van der Waals surface area contributed by atoms with Gasteiger partial charge in [-0.1, -0.05) is 6.07 Å². The molecule has 20 heavy (non-hydrogen) atoms. The summed E-state index contributed by atoms with van der Waals surface area (Å²) in [7, 11) is 0. The van der Waals surface area contributed by atoms with E-state index in [4.69, 9.17) is 0 Å². The molecule has 2 heterocycles. The molecular weight excluding hydrogens is 289 g/mol. The molecule has 0 aromatic carbocycles. The van der Waals surface area contributed by atoms with Gasteiger partial charge in [-0.2, -0.15) is 13.2 Å². The third-order valence-electron chi connectivity index (χ3n) is 3.60. The normalized spacial score (nSPS) is 24.6. The first-order valence-electron chi connectivity index (χ1n) is 6.46. The molecule has 0 aliphatic carbocycles. The lowest BCUT2D eigenvalue weighted by Gasteiger charge is -2.30. The van der Waals surface area contributed by atoms with Gasteiger partial charge in [-0.3, -0.25) is 4.79 Å². The Morgan fingerprint density at radius 2 is 2.35 bits per heavy atom. The smallest absolute Gasteiger partial charge is 0.352 e. The number of alkyl halides is 3. The molecule has 2 rings (SSSR count). The average Bonchev–Trinajstić information content (AvgIpc) is 2.97. The number of nitrogens with one attached hydrogen (secondary N) is 2. The van der Waals surface area contributed by atoms with Gasteiger partial charge >= 0.3 is 6.18 Å². The number of halogens is 3. The minimum Gasteiger partial charge on any atom is -0.352 e. The summed E-state index contributed by atoms with van der Waals surface area (Å²) in [6, 6.07) is 3.47. The van der Waals surface area contributed by atoms with Crippen molar-refractivity contribution in [3.8, 4) is 0 Å². The van der Waals surface area contributed by atoms with Crippen LogP contribution in [0, 0.1) is 5.41 Å². The van der Waals surface area contributed by atoms with Crippen LogP contribution < -0.4 is 10.6 Å². The van der Waals surface area contributed by atoms with Crippen LogP contribution in [0.5, 0.6) is 0 Å². The van der Waals surface area contributed by atoms with Gasteiger partial charge in [-0.15, -0.1) is 11.3 Å². The highest BCUT2D eigenvalue weighted by atomic mass is 32.1. The van der Waals surface area contributed by atoms with Gasteiger partial charge in [0.2, 0.25) is 5.91 Å². The Balaban J connectivity index is 2.02. The first-order chi connectivity index (χ1) is 9.35. The SMILES string of the molecule is CC(Cc1cccs1)NC(=O)C1(C(F)(F)F)CCNC1. The van der Waals surface area contributed by atoms with E-state index in [2.05, 4.69) is 10.6 Å². The van der Waals surface area contributed by atoms with Crippen LogP contribution in [0.25, 0.3) is 0 Å². The summed E-state index contributed by atoms with van der Waals surface area (Å²) in [4.78, 5) is 13.1. The zero-order valence-corrected chi connectivity index (χ0v) is 11.9. The first kappa shape index (κ1) is 15.3. The van der Waals surface area contributed by atoms with Crippen molar-refractivity contribution in [2.75, 3.05) is 13.1 Å². The summed E-state index contributed by atoms with van der Waals surface area (Å²) < 4.78 is 39.6. The van der Waals surface area contributed by atoms with Crippen molar-refractivity contribution in [2.45, 2.75) is 32.0 Å². The quantitative estimate of drug-likeness (QED) is 0.896. The molecule has 0 spiro atoms. The Labute approximate surface area is 119 Å². The molecule has 1 fully saturated rings. The predicted molar refractivity (Wildman–Crippen MR) is 71.6 cm³/mol. The summed E-state index contributed by atoms with van der Waals surface area (Å²) in [5, 5.41) is 7.06. The van der Waals surface area contributed by atoms with Crippen LogP contribution in [0.15, 0.2) is 17.5 Å². The monoisotopic (exact) mass is 306 g/mol. The highest BCUT2D eigenvalue weighted by Crippen LogP contribution is 2.43. The molecule has 2 unspecified atom stereocenters. The van der Waals surface area contributed by atoms with Crippen molar-refractivity contribution in [2.24, 2.45) is 5.41 Å². The molecule has 0 bridgehead atoms. The Kier molecular flexibility index (Phi) is 4.39. The molecule has 2 atom stereocenters. The third-order valence-corrected chi connectivity index (χ3v) is 4.50. The Hall–Kier alpha value is -1.08. The molecule has 3 nitrogen and oxygen atoms in total. The molecule has 0 radical (unpaired) electrons. The van der Waals surface area contributed by atoms with Crippen LogP contribution in [-0.4, -0.2) is 31.2 Å². The second kappa shape index (κ2) is 5.73. The third kappa shape index (κ3) is 2.98. The van der Waals surface area contributed by atoms with Gasteiger partial charge in [0.25, 0.3) is 0 Å². The lowest BCUT2D eigenvalue weighted by molar-refractivity contribution is -0.216. The second-order valence-corrected chi connectivity index (χ2v) is 6.20. The molecule has 7 heteroatoms. The summed E-state index contributed by atoms with van der Waals surface area (Å²) in [6.07, 6.45) is -4.18. The maximum Gasteiger partial charge on any atom is 0.404 e. The number of hydrogen-bond donors (Lipinski definition) is 2. The standard InChI is InChI=1S/C13H17F3N2OS/c1-9(7-10-3-2-6-20-10)18-11(19)12(13(14,15)16)4-5-17-8-12/h2-3,6,9,17H,4-5,7-8H2,1H3,(H,18,19). The molecule has 1 aromatic heterocycles. The highest BCUT2D eigenvalue weighted by molar-refractivity contribution is 7.09. The van der Waals surface area contributed by atoms with Crippen molar-refractivity contribution < 1.29 is 18.0 Å². The molecule has 0 saturated carbocycles. The largest absolute Gasteiger partial charge is 0.404 e. The van der Waals surface area contributed by atoms with Gasteiger partial charge in [-0.25, -0.2) is 0 Å². The van der Waals surface area contributed by atoms with Crippen molar-refractivity contribution in [1.82, 2.24) is 10.6 Å². The predicted octanol–water partition coefficient (Wildman–Crippen LogP) is 2.34. The summed E-state index contributed by atoms with van der Waals surface area (Å²) in [6.45, 7) is 1.60. The molecule has 1 aliphatic heterocycles. The van der Waals surface area contributed by atoms with E-state index in [1.54, 1.807) is 6.92 Å². The van der Waals surface area contributed by atoms with E-state index in [1.165, 1.54) is 11.3 Å². The maximum absolute atomic E-state index is 13.2. The molecule has 1 aromatic rings. The average molecular weight is 306 g/mol. The Morgan fingerprint density at radius 1 is 1.60 bits per heavy atom. The lowest BCUT2D eigenvalue weighted by atomic mass is 9.85. The van der Waals surface area contributed by atoms with Gasteiger partial charge in [0.15, 0.2) is 5.41 Å². The number of carbonyl (C=O) groups excluding carboxylic acids is 1. The van der Waals surface area contributed by atoms with Gasteiger partial charge in [0.1, 0.15) is 0 Å². The van der Waals surface area contributed by atoms with Gasteiger partial charge in [0, 0.05) is 23.9 Å². The Morgan fingerprint density at radius 3 is 2.85 bits per heavy atom. The van der Waals surface area contributed by atoms with E-state index in [9.17, 15) is 18.0 Å². The fourth-order valence-corrected chi connectivity index (χ4v) is 3.24. The maximum atomic E-state index is 13.2. The fourth-order valence-electron chi connectivity index (χ4n) is 2.40. The van der Waals surface area contributed by atoms with Crippen molar-refractivity contribution in [3.63, 3.8) is 0 Å². The van der Waals surface area contributed by atoms with Crippen LogP contribution in [0.2, 0.25) is 0 Å². The second-order valence-electron chi connectivity index (χ2n) is 5.16. The van der Waals surface area contributed by atoms with Crippen molar-refractivity contribution in [3.05, 3.63) is 22.4 Å². The molecular formula is C13H17F3N2OS. The fraction of sp³-hybridized carbons (Fsp3) is 0.615. The lowest BCUT2D eigenvalue weighted by Crippen LogP contribution is -2.54. The molecule has 2 N–H and O–H groups in total. The van der Waals surface area contributed by atoms with Crippen molar-refractivity contribution in [1.29, 1.82) is 0 Å². The van der Waals surface area contributed by atoms with Crippen LogP contribution >= 0.6 is 11.3 Å². The molecule has 1 amide bonds. The first-order valence-corrected chi connectivity index (χ1v) is 7.34. The highest BCUT2D eigenvalue weighted by Gasteiger charge is 2.61. The van der Waals surface area contributed by atoms with Crippen molar-refractivity contribution >= 4 is 17.2 Å². The summed E-state index contributed by atoms with van der Waals surface area (Å²) >= 11 is 1.53. The zero-order chi connectivity index (χ0) is 14.8. The minimum atomic E-state index is -4.52. The molecule has 1 saturated heterocycles. The van der Waals surface area contributed by atoms with Crippen LogP contribution in [0.3, 0.4) is 0 Å². The van der Waals surface area contributed by atoms with Crippen LogP contribution in [0.4, 0.5) is 13.2 Å². The Bertz CT molecular complexity index is 453. The van der Waals surface area contributed by atoms with Gasteiger partial charge < -0.3 is 10.6 Å². The number of amides is 1. The number of rotatable bonds is 4. The number of hydrogen-bond acceptors (Lipinski definition) is 3. The van der Waals surface area contributed by atoms with Crippen LogP contribution in [0.1, 0.15) is 18.2 Å². The number of thiophene rings is 1. The summed E-state index contributed by atoms with van der Waals surface area (Å²) in [5.41, 5.74) is -2.28. The molecule has 112 valence electrons. The topological polar surface area (TPSA) is 41.1 Å². The van der Waals surface area contributed by atoms with E-state index >= 15 is 0 Å². The van der Waals surface area contributed by atoms with E-state index in [-0.39, 0.29) is 25.6 Å². The minimum absolute atomic E-state index is 0.200. The number of carbonyl (C=O) groups is 1. The molecule has 1 aliphatic rings. The van der Waals surface area contributed by atoms with E-state index < -0.39 is 17.5 Å². The van der Waals surface area contributed by atoms with Gasteiger partial charge in [0.05, 0.1) is 0 Å².